The molecule has 0 radical (unpaired) electrons. The molecule has 72 valence electrons. The zero-order chi connectivity index (χ0) is 9.90. The molecule has 1 rings (SSSR count). The normalized spacial score (nSPS) is 11.2. The second-order valence-corrected chi connectivity index (χ2v) is 5.19. The summed E-state index contributed by atoms with van der Waals surface area (Å²) in [5.41, 5.74) is 0.171. The number of amides is 1. The van der Waals surface area contributed by atoms with Crippen LogP contribution in [0.25, 0.3) is 0 Å². The van der Waals surface area contributed by atoms with Crippen LogP contribution in [-0.2, 0) is 10.0 Å². The molecule has 1 N–H and O–H groups in total. The first-order valence-electron chi connectivity index (χ1n) is 3.18. The number of furan rings is 1. The van der Waals surface area contributed by atoms with Crippen LogP contribution in [0.15, 0.2) is 23.0 Å². The molecule has 1 aromatic heterocycles. The minimum Gasteiger partial charge on any atom is -0.472 e. The van der Waals surface area contributed by atoms with Gasteiger partial charge in [-0.25, -0.2) is 13.1 Å². The molecule has 1 amide bonds. The van der Waals surface area contributed by atoms with E-state index in [1.165, 1.54) is 18.6 Å². The van der Waals surface area contributed by atoms with Crippen molar-refractivity contribution in [3.63, 3.8) is 0 Å². The van der Waals surface area contributed by atoms with E-state index in [1.807, 2.05) is 4.72 Å². The Morgan fingerprint density at radius 2 is 2.31 bits per heavy atom. The van der Waals surface area contributed by atoms with Gasteiger partial charge in [0.05, 0.1) is 11.8 Å². The van der Waals surface area contributed by atoms with Gasteiger partial charge in [0.15, 0.2) is 0 Å². The fourth-order valence-corrected chi connectivity index (χ4v) is 1.42. The third-order valence-electron chi connectivity index (χ3n) is 1.18. The topological polar surface area (TPSA) is 76.4 Å². The number of sulfonamides is 1. The summed E-state index contributed by atoms with van der Waals surface area (Å²) < 4.78 is 27.9. The lowest BCUT2D eigenvalue weighted by atomic mass is 10.3. The first-order valence-corrected chi connectivity index (χ1v) is 5.95. The standard InChI is InChI=1S/C6H6BrNO4S/c7-4-13(10,11)8-6(9)5-1-2-12-3-5/h1-3H,4H2,(H,8,9). The Morgan fingerprint density at radius 1 is 1.62 bits per heavy atom. The predicted octanol–water partition coefficient (Wildman–Crippen LogP) is 0.692. The average molecular weight is 268 g/mol. The van der Waals surface area contributed by atoms with Crippen molar-refractivity contribution in [1.82, 2.24) is 4.72 Å². The van der Waals surface area contributed by atoms with Crippen LogP contribution in [0.3, 0.4) is 0 Å². The highest BCUT2D eigenvalue weighted by Gasteiger charge is 2.14. The summed E-state index contributed by atoms with van der Waals surface area (Å²) in [6, 6.07) is 1.37. The Labute approximate surface area is 83.3 Å². The zero-order valence-corrected chi connectivity index (χ0v) is 8.76. The van der Waals surface area contributed by atoms with Crippen molar-refractivity contribution in [2.24, 2.45) is 0 Å². The largest absolute Gasteiger partial charge is 0.472 e. The van der Waals surface area contributed by atoms with Gasteiger partial charge < -0.3 is 4.42 Å². The van der Waals surface area contributed by atoms with E-state index in [0.29, 0.717) is 0 Å². The summed E-state index contributed by atoms with van der Waals surface area (Å²) in [6.07, 6.45) is 2.45. The van der Waals surface area contributed by atoms with E-state index in [2.05, 4.69) is 20.3 Å². The summed E-state index contributed by atoms with van der Waals surface area (Å²) >= 11 is 2.74. The van der Waals surface area contributed by atoms with Crippen molar-refractivity contribution in [1.29, 1.82) is 0 Å². The molecule has 1 heterocycles. The average Bonchev–Trinajstić information content (AvgIpc) is 2.55. The van der Waals surface area contributed by atoms with Gasteiger partial charge in [-0.1, -0.05) is 15.9 Å². The number of hydrogen-bond donors (Lipinski definition) is 1. The van der Waals surface area contributed by atoms with E-state index in [-0.39, 0.29) is 10.2 Å². The van der Waals surface area contributed by atoms with Gasteiger partial charge in [0.1, 0.15) is 10.9 Å². The molecule has 0 saturated carbocycles. The molecule has 7 heteroatoms. The third kappa shape index (κ3) is 2.85. The molecule has 13 heavy (non-hydrogen) atoms. The van der Waals surface area contributed by atoms with Crippen molar-refractivity contribution >= 4 is 31.9 Å². The van der Waals surface area contributed by atoms with Gasteiger partial charge in [0, 0.05) is 0 Å². The summed E-state index contributed by atoms with van der Waals surface area (Å²) in [7, 11) is -3.57. The Bertz CT molecular complexity index is 383. The van der Waals surface area contributed by atoms with Crippen LogP contribution in [0.2, 0.25) is 0 Å². The van der Waals surface area contributed by atoms with Crippen LogP contribution < -0.4 is 4.72 Å². The molecule has 0 aliphatic rings. The SMILES string of the molecule is O=C(NS(=O)(=O)CBr)c1ccoc1. The molecule has 0 fully saturated rings. The zero-order valence-electron chi connectivity index (χ0n) is 6.36. The molecule has 1 aromatic rings. The minimum atomic E-state index is -3.57. The van der Waals surface area contributed by atoms with Crippen LogP contribution in [0.5, 0.6) is 0 Å². The van der Waals surface area contributed by atoms with Crippen LogP contribution in [0.4, 0.5) is 0 Å². The summed E-state index contributed by atoms with van der Waals surface area (Å²) in [6.45, 7) is 0. The number of carbonyl (C=O) groups is 1. The fraction of sp³-hybridized carbons (Fsp3) is 0.167. The van der Waals surface area contributed by atoms with Crippen molar-refractivity contribution < 1.29 is 17.6 Å². The van der Waals surface area contributed by atoms with Gasteiger partial charge in [-0.05, 0) is 6.07 Å². The van der Waals surface area contributed by atoms with E-state index in [0.717, 1.165) is 0 Å². The van der Waals surface area contributed by atoms with Gasteiger partial charge in [-0.2, -0.15) is 0 Å². The molecule has 0 saturated heterocycles. The monoisotopic (exact) mass is 267 g/mol. The summed E-state index contributed by atoms with van der Waals surface area (Å²) in [5, 5.41) is 0. The predicted molar refractivity (Wildman–Crippen MR) is 48.9 cm³/mol. The van der Waals surface area contributed by atoms with Crippen LogP contribution in [-0.4, -0.2) is 19.0 Å². The van der Waals surface area contributed by atoms with Crippen LogP contribution >= 0.6 is 15.9 Å². The fourth-order valence-electron chi connectivity index (χ4n) is 0.621. The molecule has 0 aliphatic heterocycles. The summed E-state index contributed by atoms with van der Waals surface area (Å²) in [4.78, 5) is 11.1. The van der Waals surface area contributed by atoms with Crippen molar-refractivity contribution in [3.05, 3.63) is 24.2 Å². The van der Waals surface area contributed by atoms with Crippen LogP contribution in [0.1, 0.15) is 10.4 Å². The molecule has 0 aromatic carbocycles. The third-order valence-corrected chi connectivity index (χ3v) is 3.77. The van der Waals surface area contributed by atoms with Crippen molar-refractivity contribution in [2.45, 2.75) is 0 Å². The molecule has 0 unspecified atom stereocenters. The van der Waals surface area contributed by atoms with Gasteiger partial charge in [-0.3, -0.25) is 4.79 Å². The Morgan fingerprint density at radius 3 is 2.77 bits per heavy atom. The number of hydrogen-bond acceptors (Lipinski definition) is 4. The molecule has 0 atom stereocenters. The van der Waals surface area contributed by atoms with Gasteiger partial charge in [0.25, 0.3) is 5.91 Å². The number of alkyl halides is 1. The van der Waals surface area contributed by atoms with Gasteiger partial charge in [0.2, 0.25) is 10.0 Å². The van der Waals surface area contributed by atoms with Crippen molar-refractivity contribution in [3.8, 4) is 0 Å². The Hall–Kier alpha value is -0.820. The lowest BCUT2D eigenvalue weighted by Gasteiger charge is -2.00. The van der Waals surface area contributed by atoms with Gasteiger partial charge in [-0.15, -0.1) is 0 Å². The summed E-state index contributed by atoms with van der Waals surface area (Å²) in [5.74, 6) is -0.701. The quantitative estimate of drug-likeness (QED) is 0.818. The molecule has 0 spiro atoms. The van der Waals surface area contributed by atoms with Crippen molar-refractivity contribution in [2.75, 3.05) is 4.66 Å². The second-order valence-electron chi connectivity index (χ2n) is 2.17. The second kappa shape index (κ2) is 3.93. The van der Waals surface area contributed by atoms with E-state index in [1.54, 1.807) is 0 Å². The first-order chi connectivity index (χ1) is 6.05. The smallest absolute Gasteiger partial charge is 0.268 e. The lowest BCUT2D eigenvalue weighted by Crippen LogP contribution is -2.30. The van der Waals surface area contributed by atoms with E-state index in [9.17, 15) is 13.2 Å². The molecule has 0 bridgehead atoms. The first kappa shape index (κ1) is 10.3. The minimum absolute atomic E-state index is 0.171. The van der Waals surface area contributed by atoms with E-state index in [4.69, 9.17) is 0 Å². The Kier molecular flexibility index (Phi) is 3.10. The van der Waals surface area contributed by atoms with E-state index < -0.39 is 15.9 Å². The Balaban J connectivity index is 2.73. The number of halogens is 1. The highest BCUT2D eigenvalue weighted by molar-refractivity contribution is 9.10. The lowest BCUT2D eigenvalue weighted by molar-refractivity contribution is 0.0981. The highest BCUT2D eigenvalue weighted by atomic mass is 79.9. The molecule has 0 aliphatic carbocycles. The molecule has 5 nitrogen and oxygen atoms in total. The maximum absolute atomic E-state index is 11.1. The van der Waals surface area contributed by atoms with E-state index >= 15 is 0 Å². The number of carbonyl (C=O) groups excluding carboxylic acids is 1. The maximum Gasteiger partial charge on any atom is 0.268 e. The number of rotatable bonds is 3. The highest BCUT2D eigenvalue weighted by Crippen LogP contribution is 2.01. The molecular weight excluding hydrogens is 262 g/mol. The van der Waals surface area contributed by atoms with Gasteiger partial charge >= 0.3 is 0 Å². The van der Waals surface area contributed by atoms with Crippen LogP contribution in [0, 0.1) is 0 Å². The maximum atomic E-state index is 11.1. The molecular formula is C6H6BrNO4S. The number of nitrogens with one attached hydrogen (secondary N) is 1.